The van der Waals surface area contributed by atoms with Crippen LogP contribution in [0.4, 0.5) is 5.69 Å². The Morgan fingerprint density at radius 1 is 0.931 bits per heavy atom. The molecule has 3 rings (SSSR count). The minimum absolute atomic E-state index is 0.133. The molecule has 144 valence electrons. The third kappa shape index (κ3) is 5.71. The maximum atomic E-state index is 12.5. The highest BCUT2D eigenvalue weighted by atomic mass is 35.5. The molecule has 0 bridgehead atoms. The molecule has 0 heterocycles. The van der Waals surface area contributed by atoms with Crippen LogP contribution in [0.1, 0.15) is 27.0 Å². The van der Waals surface area contributed by atoms with Crippen LogP contribution in [-0.2, 0) is 16.0 Å². The summed E-state index contributed by atoms with van der Waals surface area (Å²) in [5.74, 6) is 5.38. The molecule has 1 amide bonds. The van der Waals surface area contributed by atoms with E-state index in [4.69, 9.17) is 16.3 Å². The minimum Gasteiger partial charge on any atom is -0.465 e. The molecule has 0 aliphatic carbocycles. The maximum Gasteiger partial charge on any atom is 0.339 e. The fourth-order valence-corrected chi connectivity index (χ4v) is 2.88. The maximum absolute atomic E-state index is 12.5. The summed E-state index contributed by atoms with van der Waals surface area (Å²) in [6.45, 7) is 0. The quantitative estimate of drug-likeness (QED) is 0.507. The van der Waals surface area contributed by atoms with Crippen molar-refractivity contribution >= 4 is 29.2 Å². The van der Waals surface area contributed by atoms with Crippen LogP contribution in [0.15, 0.2) is 72.8 Å². The van der Waals surface area contributed by atoms with Crippen molar-refractivity contribution in [3.63, 3.8) is 0 Å². The normalized spacial score (nSPS) is 9.86. The first-order chi connectivity index (χ1) is 14.0. The van der Waals surface area contributed by atoms with Crippen molar-refractivity contribution in [1.82, 2.24) is 0 Å². The van der Waals surface area contributed by atoms with E-state index >= 15 is 0 Å². The van der Waals surface area contributed by atoms with Crippen molar-refractivity contribution in [3.8, 4) is 11.8 Å². The third-order valence-corrected chi connectivity index (χ3v) is 4.31. The molecule has 29 heavy (non-hydrogen) atoms. The van der Waals surface area contributed by atoms with E-state index in [-0.39, 0.29) is 17.9 Å². The van der Waals surface area contributed by atoms with Crippen LogP contribution in [0, 0.1) is 11.8 Å². The molecule has 0 radical (unpaired) electrons. The second-order valence-corrected chi connectivity index (χ2v) is 6.66. The lowest BCUT2D eigenvalue weighted by molar-refractivity contribution is -0.115. The lowest BCUT2D eigenvalue weighted by Gasteiger charge is -2.10. The first kappa shape index (κ1) is 20.2. The van der Waals surface area contributed by atoms with Crippen molar-refractivity contribution in [2.24, 2.45) is 0 Å². The lowest BCUT2D eigenvalue weighted by atomic mass is 10.1. The van der Waals surface area contributed by atoms with Crippen LogP contribution in [0.5, 0.6) is 0 Å². The Balaban J connectivity index is 1.73. The largest absolute Gasteiger partial charge is 0.465 e. The van der Waals surface area contributed by atoms with Crippen LogP contribution < -0.4 is 5.32 Å². The number of carbonyl (C=O) groups excluding carboxylic acids is 2. The zero-order valence-corrected chi connectivity index (χ0v) is 16.5. The van der Waals surface area contributed by atoms with Gasteiger partial charge in [-0.2, -0.15) is 0 Å². The molecule has 0 aromatic heterocycles. The van der Waals surface area contributed by atoms with Gasteiger partial charge < -0.3 is 10.1 Å². The summed E-state index contributed by atoms with van der Waals surface area (Å²) in [6, 6.07) is 21.8. The molecular formula is C24H18ClNO3. The number of hydrogen-bond acceptors (Lipinski definition) is 3. The number of amides is 1. The van der Waals surface area contributed by atoms with Gasteiger partial charge in [0, 0.05) is 16.1 Å². The van der Waals surface area contributed by atoms with E-state index in [1.807, 2.05) is 54.6 Å². The zero-order valence-electron chi connectivity index (χ0n) is 15.7. The number of esters is 1. The summed E-state index contributed by atoms with van der Waals surface area (Å²) in [7, 11) is 1.28. The zero-order chi connectivity index (χ0) is 20.6. The highest BCUT2D eigenvalue weighted by Gasteiger charge is 2.15. The molecule has 0 saturated heterocycles. The topological polar surface area (TPSA) is 55.4 Å². The molecule has 0 aliphatic rings. The number of halogens is 1. The molecule has 0 fully saturated rings. The molecular weight excluding hydrogens is 386 g/mol. The van der Waals surface area contributed by atoms with E-state index in [0.29, 0.717) is 10.7 Å². The van der Waals surface area contributed by atoms with Gasteiger partial charge in [0.2, 0.25) is 5.91 Å². The van der Waals surface area contributed by atoms with E-state index in [1.165, 1.54) is 19.2 Å². The van der Waals surface area contributed by atoms with Gasteiger partial charge in [-0.25, -0.2) is 4.79 Å². The van der Waals surface area contributed by atoms with Crippen molar-refractivity contribution in [3.05, 3.63) is 100 Å². The molecule has 4 nitrogen and oxygen atoms in total. The number of carbonyl (C=O) groups is 2. The van der Waals surface area contributed by atoms with Crippen molar-refractivity contribution in [1.29, 1.82) is 0 Å². The predicted octanol–water partition coefficient (Wildman–Crippen LogP) is 4.71. The van der Waals surface area contributed by atoms with Gasteiger partial charge in [0.05, 0.1) is 24.8 Å². The summed E-state index contributed by atoms with van der Waals surface area (Å²) in [4.78, 5) is 24.4. The van der Waals surface area contributed by atoms with E-state index in [0.717, 1.165) is 16.7 Å². The standard InChI is InChI=1S/C24H18ClNO3/c1-29-24(28)21-13-12-20(25)16-22(21)26-23(27)15-19-9-5-8-18(14-19)11-10-17-6-3-2-4-7-17/h2-9,12-14,16H,15H2,1H3,(H,26,27). The van der Waals surface area contributed by atoms with Gasteiger partial charge in [-0.1, -0.05) is 53.8 Å². The second-order valence-electron chi connectivity index (χ2n) is 6.22. The molecule has 3 aromatic rings. The molecule has 1 N–H and O–H groups in total. The summed E-state index contributed by atoms with van der Waals surface area (Å²) >= 11 is 6.00. The highest BCUT2D eigenvalue weighted by molar-refractivity contribution is 6.31. The summed E-state index contributed by atoms with van der Waals surface area (Å²) < 4.78 is 4.75. The minimum atomic E-state index is -0.546. The van der Waals surface area contributed by atoms with Gasteiger partial charge in [-0.3, -0.25) is 4.79 Å². The monoisotopic (exact) mass is 403 g/mol. The molecule has 3 aromatic carbocycles. The number of ether oxygens (including phenoxy) is 1. The van der Waals surface area contributed by atoms with E-state index < -0.39 is 5.97 Å². The summed E-state index contributed by atoms with van der Waals surface area (Å²) in [5, 5.41) is 3.14. The van der Waals surface area contributed by atoms with Gasteiger partial charge in [0.15, 0.2) is 0 Å². The summed E-state index contributed by atoms with van der Waals surface area (Å²) in [6.07, 6.45) is 0.133. The lowest BCUT2D eigenvalue weighted by Crippen LogP contribution is -2.17. The first-order valence-electron chi connectivity index (χ1n) is 8.89. The van der Waals surface area contributed by atoms with Crippen LogP contribution >= 0.6 is 11.6 Å². The average molecular weight is 404 g/mol. The van der Waals surface area contributed by atoms with Crippen LogP contribution in [0.25, 0.3) is 0 Å². The van der Waals surface area contributed by atoms with E-state index in [2.05, 4.69) is 17.2 Å². The van der Waals surface area contributed by atoms with Crippen LogP contribution in [0.2, 0.25) is 5.02 Å². The summed E-state index contributed by atoms with van der Waals surface area (Å²) in [5.41, 5.74) is 3.11. The smallest absolute Gasteiger partial charge is 0.339 e. The van der Waals surface area contributed by atoms with Gasteiger partial charge in [-0.15, -0.1) is 0 Å². The van der Waals surface area contributed by atoms with Gasteiger partial charge in [0.25, 0.3) is 0 Å². The molecule has 0 spiro atoms. The van der Waals surface area contributed by atoms with Gasteiger partial charge in [0.1, 0.15) is 0 Å². The SMILES string of the molecule is COC(=O)c1ccc(Cl)cc1NC(=O)Cc1cccc(C#Cc2ccccc2)c1. The number of methoxy groups -OCH3 is 1. The van der Waals surface area contributed by atoms with E-state index in [1.54, 1.807) is 6.07 Å². The second kappa shape index (κ2) is 9.59. The van der Waals surface area contributed by atoms with Gasteiger partial charge in [-0.05, 0) is 48.0 Å². The number of anilines is 1. The average Bonchev–Trinajstić information content (AvgIpc) is 2.73. The van der Waals surface area contributed by atoms with Crippen LogP contribution in [0.3, 0.4) is 0 Å². The van der Waals surface area contributed by atoms with Crippen molar-refractivity contribution in [2.75, 3.05) is 12.4 Å². The first-order valence-corrected chi connectivity index (χ1v) is 9.26. The van der Waals surface area contributed by atoms with Crippen molar-refractivity contribution < 1.29 is 14.3 Å². The molecule has 5 heteroatoms. The Hall–Kier alpha value is -3.55. The predicted molar refractivity (Wildman–Crippen MR) is 114 cm³/mol. The number of hydrogen-bond donors (Lipinski definition) is 1. The Kier molecular flexibility index (Phi) is 6.67. The number of nitrogens with one attached hydrogen (secondary N) is 1. The van der Waals surface area contributed by atoms with E-state index in [9.17, 15) is 9.59 Å². The number of rotatable bonds is 4. The van der Waals surface area contributed by atoms with Crippen LogP contribution in [-0.4, -0.2) is 19.0 Å². The molecule has 0 saturated carbocycles. The Morgan fingerprint density at radius 3 is 2.41 bits per heavy atom. The fraction of sp³-hybridized carbons (Fsp3) is 0.0833. The Labute approximate surface area is 174 Å². The third-order valence-electron chi connectivity index (χ3n) is 4.08. The van der Waals surface area contributed by atoms with Gasteiger partial charge >= 0.3 is 5.97 Å². The molecule has 0 unspecified atom stereocenters. The Bertz CT molecular complexity index is 1100. The fourth-order valence-electron chi connectivity index (χ4n) is 2.71. The molecule has 0 aliphatic heterocycles. The number of benzene rings is 3. The molecule has 0 atom stereocenters. The van der Waals surface area contributed by atoms with Crippen molar-refractivity contribution in [2.45, 2.75) is 6.42 Å². The Morgan fingerprint density at radius 2 is 1.66 bits per heavy atom. The highest BCUT2D eigenvalue weighted by Crippen LogP contribution is 2.22.